The van der Waals surface area contributed by atoms with E-state index in [0.29, 0.717) is 13.2 Å². The number of amides is 1. The van der Waals surface area contributed by atoms with Gasteiger partial charge in [0.15, 0.2) is 0 Å². The van der Waals surface area contributed by atoms with Crippen LogP contribution >= 0.6 is 0 Å². The van der Waals surface area contributed by atoms with Gasteiger partial charge in [-0.05, 0) is 81.0 Å². The Hall–Kier alpha value is -3.60. The van der Waals surface area contributed by atoms with Crippen LogP contribution in [0.3, 0.4) is 0 Å². The molecule has 0 aliphatic carbocycles. The lowest BCUT2D eigenvalue weighted by Gasteiger charge is -2.12. The lowest BCUT2D eigenvalue weighted by Crippen LogP contribution is -2.25. The molecule has 0 radical (unpaired) electrons. The molecule has 0 atom stereocenters. The van der Waals surface area contributed by atoms with Gasteiger partial charge in [-0.2, -0.15) is 0 Å². The highest BCUT2D eigenvalue weighted by atomic mass is 16.5. The second-order valence-corrected chi connectivity index (χ2v) is 9.10. The van der Waals surface area contributed by atoms with Crippen LogP contribution < -0.4 is 10.1 Å². The molecule has 0 unspecified atom stereocenters. The fourth-order valence-electron chi connectivity index (χ4n) is 4.37. The maximum atomic E-state index is 12.5. The maximum Gasteiger partial charge on any atom is 0.251 e. The second-order valence-electron chi connectivity index (χ2n) is 9.10. The molecule has 1 heterocycles. The van der Waals surface area contributed by atoms with Crippen LogP contribution in [0.4, 0.5) is 0 Å². The summed E-state index contributed by atoms with van der Waals surface area (Å²) < 4.78 is 8.37. The van der Waals surface area contributed by atoms with Gasteiger partial charge in [-0.1, -0.05) is 42.5 Å². The number of rotatable bonds is 11. The van der Waals surface area contributed by atoms with Crippen molar-refractivity contribution in [1.82, 2.24) is 14.9 Å². The van der Waals surface area contributed by atoms with Crippen molar-refractivity contribution in [3.63, 3.8) is 0 Å². The van der Waals surface area contributed by atoms with Crippen molar-refractivity contribution >= 4 is 16.9 Å². The Balaban J connectivity index is 1.31. The van der Waals surface area contributed by atoms with Crippen molar-refractivity contribution in [1.29, 1.82) is 0 Å². The number of unbranched alkanes of at least 4 members (excludes halogenated alkanes) is 1. The van der Waals surface area contributed by atoms with E-state index in [1.165, 1.54) is 16.6 Å². The van der Waals surface area contributed by atoms with Crippen LogP contribution in [0.2, 0.25) is 0 Å². The number of nitrogens with zero attached hydrogens (tertiary/aromatic N) is 2. The fraction of sp³-hybridized carbons (Fsp3) is 0.333. The highest BCUT2D eigenvalue weighted by Crippen LogP contribution is 2.21. The van der Waals surface area contributed by atoms with E-state index in [9.17, 15) is 4.79 Å². The molecule has 0 saturated carbocycles. The largest absolute Gasteiger partial charge is 0.493 e. The Morgan fingerprint density at radius 1 is 0.886 bits per heavy atom. The first-order valence-corrected chi connectivity index (χ1v) is 12.5. The minimum absolute atomic E-state index is 0.0135. The molecule has 5 heteroatoms. The number of imidazole rings is 1. The summed E-state index contributed by atoms with van der Waals surface area (Å²) in [6, 6.07) is 22.2. The first-order chi connectivity index (χ1) is 17.0. The number of hydrogen-bond donors (Lipinski definition) is 1. The molecule has 4 rings (SSSR count). The summed E-state index contributed by atoms with van der Waals surface area (Å²) in [6.45, 7) is 8.42. The van der Waals surface area contributed by atoms with E-state index in [1.54, 1.807) is 0 Å². The third-order valence-corrected chi connectivity index (χ3v) is 6.57. The van der Waals surface area contributed by atoms with Gasteiger partial charge in [-0.15, -0.1) is 0 Å². The van der Waals surface area contributed by atoms with Gasteiger partial charge in [0.05, 0.1) is 17.6 Å². The standard InChI is InChI=1S/C30H35N3O2/c1-22-13-10-17-28(24(22)3)35-21-9-8-20-33-27-16-7-6-15-26(27)32-29(33)18-11-19-31-30(34)25-14-5-4-12-23(25)2/h4-7,10,12-17H,8-9,11,18-21H2,1-3H3,(H,31,34). The predicted molar refractivity (Wildman–Crippen MR) is 142 cm³/mol. The number of benzene rings is 3. The molecule has 0 fully saturated rings. The van der Waals surface area contributed by atoms with Crippen molar-refractivity contribution in [2.45, 2.75) is 53.0 Å². The smallest absolute Gasteiger partial charge is 0.251 e. The fourth-order valence-corrected chi connectivity index (χ4v) is 4.37. The number of carbonyl (C=O) groups is 1. The van der Waals surface area contributed by atoms with Crippen LogP contribution in [0.1, 0.15) is 52.1 Å². The molecule has 0 aliphatic rings. The van der Waals surface area contributed by atoms with Crippen molar-refractivity contribution in [3.05, 3.63) is 94.8 Å². The Labute approximate surface area is 208 Å². The maximum absolute atomic E-state index is 12.5. The molecule has 1 aromatic heterocycles. The molecule has 35 heavy (non-hydrogen) atoms. The van der Waals surface area contributed by atoms with Crippen molar-refractivity contribution in [2.75, 3.05) is 13.2 Å². The van der Waals surface area contributed by atoms with Crippen molar-refractivity contribution < 1.29 is 9.53 Å². The normalized spacial score (nSPS) is 11.1. The SMILES string of the molecule is Cc1ccccc1C(=O)NCCCc1nc2ccccc2n1CCCCOc1cccc(C)c1C. The van der Waals surface area contributed by atoms with Crippen LogP contribution in [0.5, 0.6) is 5.75 Å². The molecule has 3 aromatic carbocycles. The summed E-state index contributed by atoms with van der Waals surface area (Å²) in [5.74, 6) is 2.04. The number of hydrogen-bond acceptors (Lipinski definition) is 3. The van der Waals surface area contributed by atoms with Crippen LogP contribution in [0, 0.1) is 20.8 Å². The number of nitrogens with one attached hydrogen (secondary N) is 1. The average molecular weight is 470 g/mol. The Morgan fingerprint density at radius 3 is 2.51 bits per heavy atom. The van der Waals surface area contributed by atoms with Gasteiger partial charge in [0, 0.05) is 25.1 Å². The average Bonchev–Trinajstić information content (AvgIpc) is 3.21. The summed E-state index contributed by atoms with van der Waals surface area (Å²) in [7, 11) is 0. The second kappa shape index (κ2) is 11.7. The summed E-state index contributed by atoms with van der Waals surface area (Å²) in [6.07, 6.45) is 3.66. The molecule has 1 amide bonds. The molecular formula is C30H35N3O2. The molecule has 1 N–H and O–H groups in total. The Bertz CT molecular complexity index is 1290. The number of para-hydroxylation sites is 2. The highest BCUT2D eigenvalue weighted by Gasteiger charge is 2.11. The van der Waals surface area contributed by atoms with Crippen molar-refractivity contribution in [3.8, 4) is 5.75 Å². The van der Waals surface area contributed by atoms with Gasteiger partial charge in [0.1, 0.15) is 11.6 Å². The van der Waals surface area contributed by atoms with Gasteiger partial charge in [0.25, 0.3) is 5.91 Å². The highest BCUT2D eigenvalue weighted by molar-refractivity contribution is 5.95. The van der Waals surface area contributed by atoms with E-state index in [0.717, 1.165) is 60.4 Å². The first kappa shape index (κ1) is 24.5. The molecule has 0 saturated heterocycles. The summed E-state index contributed by atoms with van der Waals surface area (Å²) in [4.78, 5) is 17.4. The van der Waals surface area contributed by atoms with E-state index in [-0.39, 0.29) is 5.91 Å². The van der Waals surface area contributed by atoms with Crippen LogP contribution in [0.15, 0.2) is 66.7 Å². The molecule has 0 spiro atoms. The zero-order chi connectivity index (χ0) is 24.6. The molecule has 0 aliphatic heterocycles. The third-order valence-electron chi connectivity index (χ3n) is 6.57. The number of carbonyl (C=O) groups excluding carboxylic acids is 1. The lowest BCUT2D eigenvalue weighted by molar-refractivity contribution is 0.0952. The van der Waals surface area contributed by atoms with E-state index in [2.05, 4.69) is 48.0 Å². The van der Waals surface area contributed by atoms with Gasteiger partial charge in [-0.25, -0.2) is 4.98 Å². The van der Waals surface area contributed by atoms with Gasteiger partial charge >= 0.3 is 0 Å². The number of aromatic nitrogens is 2. The Kier molecular flexibility index (Phi) is 8.19. The topological polar surface area (TPSA) is 56.2 Å². The van der Waals surface area contributed by atoms with Gasteiger partial charge in [-0.3, -0.25) is 4.79 Å². The van der Waals surface area contributed by atoms with Crippen LogP contribution in [-0.4, -0.2) is 28.6 Å². The molecule has 0 bridgehead atoms. The van der Waals surface area contributed by atoms with Crippen molar-refractivity contribution in [2.24, 2.45) is 0 Å². The minimum Gasteiger partial charge on any atom is -0.493 e. The van der Waals surface area contributed by atoms with Crippen LogP contribution in [0.25, 0.3) is 11.0 Å². The lowest BCUT2D eigenvalue weighted by atomic mass is 10.1. The number of aryl methyl sites for hydroxylation is 4. The monoisotopic (exact) mass is 469 g/mol. The number of fused-ring (bicyclic) bond motifs is 1. The zero-order valence-corrected chi connectivity index (χ0v) is 21.0. The van der Waals surface area contributed by atoms with Gasteiger partial charge in [0.2, 0.25) is 0 Å². The summed E-state index contributed by atoms with van der Waals surface area (Å²) >= 11 is 0. The van der Waals surface area contributed by atoms with E-state index in [4.69, 9.17) is 9.72 Å². The molecule has 4 aromatic rings. The molecule has 5 nitrogen and oxygen atoms in total. The predicted octanol–water partition coefficient (Wildman–Crippen LogP) is 6.18. The molecule has 182 valence electrons. The first-order valence-electron chi connectivity index (χ1n) is 12.5. The zero-order valence-electron chi connectivity index (χ0n) is 21.0. The Morgan fingerprint density at radius 2 is 1.66 bits per heavy atom. The molecular weight excluding hydrogens is 434 g/mol. The van der Waals surface area contributed by atoms with E-state index >= 15 is 0 Å². The van der Waals surface area contributed by atoms with Crippen LogP contribution in [-0.2, 0) is 13.0 Å². The quantitative estimate of drug-likeness (QED) is 0.267. The van der Waals surface area contributed by atoms with E-state index < -0.39 is 0 Å². The summed E-state index contributed by atoms with van der Waals surface area (Å²) in [5, 5.41) is 3.05. The number of ether oxygens (including phenoxy) is 1. The minimum atomic E-state index is -0.0135. The summed E-state index contributed by atoms with van der Waals surface area (Å²) in [5.41, 5.74) is 6.40. The van der Waals surface area contributed by atoms with Gasteiger partial charge < -0.3 is 14.6 Å². The van der Waals surface area contributed by atoms with E-state index in [1.807, 2.05) is 49.4 Å². The third kappa shape index (κ3) is 6.10.